The maximum Gasteiger partial charge on any atom is 0.191 e. The number of hydrogen-bond acceptors (Lipinski definition) is 4. The molecule has 30 heavy (non-hydrogen) atoms. The molecule has 0 amide bonds. The third-order valence-electron chi connectivity index (χ3n) is 7.48. The van der Waals surface area contributed by atoms with Gasteiger partial charge in [-0.25, -0.2) is 9.97 Å². The van der Waals surface area contributed by atoms with Gasteiger partial charge in [0, 0.05) is 37.2 Å². The number of hydrogen-bond donors (Lipinski definition) is 0. The Morgan fingerprint density at radius 3 is 2.67 bits per heavy atom. The molecule has 3 heterocycles. The first-order chi connectivity index (χ1) is 14.1. The first kappa shape index (κ1) is 22.2. The van der Waals surface area contributed by atoms with Gasteiger partial charge < -0.3 is 4.43 Å². The largest absolute Gasteiger partial charge is 0.417 e. The fourth-order valence-corrected chi connectivity index (χ4v) is 5.48. The Hall–Kier alpha value is -0.953. The van der Waals surface area contributed by atoms with Gasteiger partial charge in [-0.2, -0.15) is 0 Å². The molecule has 1 unspecified atom stereocenters. The summed E-state index contributed by atoms with van der Waals surface area (Å²) in [6.45, 7) is 16.9. The zero-order valence-corrected chi connectivity index (χ0v) is 21.2. The molecule has 2 aromatic heterocycles. The predicted octanol–water partition coefficient (Wildman–Crippen LogP) is 5.85. The van der Waals surface area contributed by atoms with Crippen molar-refractivity contribution in [1.29, 1.82) is 0 Å². The first-order valence-corrected chi connectivity index (χ1v) is 14.8. The lowest BCUT2D eigenvalue weighted by molar-refractivity contribution is 0.272. The molecule has 1 saturated heterocycles. The van der Waals surface area contributed by atoms with Crippen molar-refractivity contribution in [2.24, 2.45) is 0 Å². The van der Waals surface area contributed by atoms with E-state index in [1.807, 2.05) is 12.4 Å². The Labute approximate surface area is 187 Å². The van der Waals surface area contributed by atoms with Crippen molar-refractivity contribution >= 4 is 25.4 Å². The maximum atomic E-state index is 6.43. The van der Waals surface area contributed by atoms with Crippen LogP contribution in [-0.2, 0) is 4.43 Å². The van der Waals surface area contributed by atoms with Gasteiger partial charge >= 0.3 is 0 Å². The average Bonchev–Trinajstić information content (AvgIpc) is 3.27. The van der Waals surface area contributed by atoms with Crippen molar-refractivity contribution in [3.63, 3.8) is 0 Å². The van der Waals surface area contributed by atoms with Crippen LogP contribution in [0, 0.1) is 0 Å². The Morgan fingerprint density at radius 2 is 2.00 bits per heavy atom. The van der Waals surface area contributed by atoms with Crippen molar-refractivity contribution < 1.29 is 4.43 Å². The highest BCUT2D eigenvalue weighted by atomic mass is 35.5. The molecule has 0 spiro atoms. The van der Waals surface area contributed by atoms with Crippen LogP contribution in [0.2, 0.25) is 23.3 Å². The molecule has 7 heteroatoms. The second kappa shape index (κ2) is 8.19. The van der Waals surface area contributed by atoms with E-state index >= 15 is 0 Å². The highest BCUT2D eigenvalue weighted by molar-refractivity contribution is 6.74. The first-order valence-electron chi connectivity index (χ1n) is 11.5. The molecule has 0 radical (unpaired) electrons. The lowest BCUT2D eigenvalue weighted by atomic mass is 10.0. The van der Waals surface area contributed by atoms with Crippen LogP contribution in [0.5, 0.6) is 0 Å². The number of rotatable bonds is 7. The van der Waals surface area contributed by atoms with Crippen LogP contribution in [0.25, 0.3) is 5.52 Å². The summed E-state index contributed by atoms with van der Waals surface area (Å²) < 4.78 is 8.61. The Balaban J connectivity index is 1.52. The van der Waals surface area contributed by atoms with E-state index in [2.05, 4.69) is 55.1 Å². The topological polar surface area (TPSA) is 42.7 Å². The lowest BCUT2D eigenvalue weighted by Crippen LogP contribution is -2.41. The molecule has 2 fully saturated rings. The Morgan fingerprint density at radius 1 is 1.27 bits per heavy atom. The van der Waals surface area contributed by atoms with Crippen LogP contribution >= 0.6 is 11.6 Å². The zero-order chi connectivity index (χ0) is 21.7. The van der Waals surface area contributed by atoms with E-state index in [0.717, 1.165) is 37.0 Å². The van der Waals surface area contributed by atoms with Crippen LogP contribution < -0.4 is 0 Å². The van der Waals surface area contributed by atoms with Crippen LogP contribution in [-0.4, -0.2) is 53.3 Å². The molecule has 0 aromatic carbocycles. The standard InChI is InChI=1S/C23H37ClN4OSi/c1-16(10-12-29-30(5,6)23(2,3)4)22-26-21(19-13-25-20(24)15-28(19)22)17-9-11-27(14-17)18-7-8-18/h13,15-18H,7-12,14H2,1-6H3/t16-,17?/m0/s1. The average molecular weight is 449 g/mol. The Kier molecular flexibility index (Phi) is 6.07. The number of imidazole rings is 1. The monoisotopic (exact) mass is 448 g/mol. The number of likely N-dealkylation sites (tertiary alicyclic amines) is 1. The van der Waals surface area contributed by atoms with Gasteiger partial charge in [-0.3, -0.25) is 9.30 Å². The van der Waals surface area contributed by atoms with Gasteiger partial charge in [0.25, 0.3) is 0 Å². The number of nitrogens with zero attached hydrogens (tertiary/aromatic N) is 4. The maximum absolute atomic E-state index is 6.43. The van der Waals surface area contributed by atoms with E-state index in [1.165, 1.54) is 31.5 Å². The quantitative estimate of drug-likeness (QED) is 0.498. The van der Waals surface area contributed by atoms with Gasteiger partial charge in [-0.1, -0.05) is 39.3 Å². The number of aromatic nitrogens is 3. The van der Waals surface area contributed by atoms with Gasteiger partial charge in [0.15, 0.2) is 8.32 Å². The minimum absolute atomic E-state index is 0.235. The number of fused-ring (bicyclic) bond motifs is 1. The van der Waals surface area contributed by atoms with E-state index in [-0.39, 0.29) is 5.04 Å². The van der Waals surface area contributed by atoms with Crippen molar-refractivity contribution in [3.8, 4) is 0 Å². The highest BCUT2D eigenvalue weighted by Crippen LogP contribution is 2.39. The van der Waals surface area contributed by atoms with E-state index in [4.69, 9.17) is 21.0 Å². The molecule has 2 aromatic rings. The van der Waals surface area contributed by atoms with Gasteiger partial charge in [0.05, 0.1) is 17.4 Å². The van der Waals surface area contributed by atoms with Crippen molar-refractivity contribution in [3.05, 3.63) is 29.1 Å². The van der Waals surface area contributed by atoms with Crippen LogP contribution in [0.4, 0.5) is 0 Å². The minimum Gasteiger partial charge on any atom is -0.417 e. The van der Waals surface area contributed by atoms with E-state index < -0.39 is 8.32 Å². The SMILES string of the molecule is C[C@@H](CCO[Si](C)(C)C(C)(C)C)c1nc(C2CCN(C3CC3)C2)c2cnc(Cl)cn12. The normalized spacial score (nSPS) is 22.2. The molecular weight excluding hydrogens is 412 g/mol. The second-order valence-corrected chi connectivity index (χ2v) is 16.0. The summed E-state index contributed by atoms with van der Waals surface area (Å²) in [7, 11) is -1.73. The minimum atomic E-state index is -1.73. The number of halogens is 1. The third-order valence-corrected chi connectivity index (χ3v) is 12.2. The summed E-state index contributed by atoms with van der Waals surface area (Å²) in [5, 5.41) is 0.752. The molecule has 2 aliphatic rings. The fraction of sp³-hybridized carbons (Fsp3) is 0.739. The summed E-state index contributed by atoms with van der Waals surface area (Å²) in [5.74, 6) is 1.89. The van der Waals surface area contributed by atoms with Crippen molar-refractivity contribution in [2.75, 3.05) is 19.7 Å². The zero-order valence-electron chi connectivity index (χ0n) is 19.4. The van der Waals surface area contributed by atoms with Gasteiger partial charge in [-0.05, 0) is 50.4 Å². The van der Waals surface area contributed by atoms with E-state index in [1.54, 1.807) is 0 Å². The van der Waals surface area contributed by atoms with Gasteiger partial charge in [0.2, 0.25) is 0 Å². The van der Waals surface area contributed by atoms with Crippen LogP contribution in [0.3, 0.4) is 0 Å². The fourth-order valence-electron chi connectivity index (χ4n) is 4.27. The molecule has 0 N–H and O–H groups in total. The van der Waals surface area contributed by atoms with E-state index in [0.29, 0.717) is 17.0 Å². The molecule has 2 atom stereocenters. The lowest BCUT2D eigenvalue weighted by Gasteiger charge is -2.36. The summed E-state index contributed by atoms with van der Waals surface area (Å²) in [6.07, 6.45) is 8.72. The molecule has 5 nitrogen and oxygen atoms in total. The summed E-state index contributed by atoms with van der Waals surface area (Å²) in [4.78, 5) is 12.2. The molecular formula is C23H37ClN4OSi. The van der Waals surface area contributed by atoms with Gasteiger partial charge in [-0.15, -0.1) is 0 Å². The summed E-state index contributed by atoms with van der Waals surface area (Å²) in [5.41, 5.74) is 2.32. The molecule has 166 valence electrons. The van der Waals surface area contributed by atoms with Crippen molar-refractivity contribution in [2.45, 2.75) is 89.4 Å². The third kappa shape index (κ3) is 4.47. The Bertz CT molecular complexity index is 902. The summed E-state index contributed by atoms with van der Waals surface area (Å²) in [6, 6.07) is 0.822. The van der Waals surface area contributed by atoms with E-state index in [9.17, 15) is 0 Å². The molecule has 1 aliphatic heterocycles. The second-order valence-electron chi connectivity index (χ2n) is 10.8. The molecule has 1 aliphatic carbocycles. The van der Waals surface area contributed by atoms with Gasteiger partial charge in [0.1, 0.15) is 11.0 Å². The van der Waals surface area contributed by atoms with Crippen molar-refractivity contribution in [1.82, 2.24) is 19.3 Å². The molecule has 0 bridgehead atoms. The summed E-state index contributed by atoms with van der Waals surface area (Å²) >= 11 is 6.26. The van der Waals surface area contributed by atoms with Crippen LogP contribution in [0.1, 0.15) is 76.7 Å². The predicted molar refractivity (Wildman–Crippen MR) is 126 cm³/mol. The van der Waals surface area contributed by atoms with Crippen LogP contribution in [0.15, 0.2) is 12.4 Å². The molecule has 1 saturated carbocycles. The smallest absolute Gasteiger partial charge is 0.191 e. The highest BCUT2D eigenvalue weighted by Gasteiger charge is 2.38. The molecule has 4 rings (SSSR count).